The second-order valence-electron chi connectivity index (χ2n) is 2.40. The molecular weight excluding hydrogens is 263 g/mol. The molecule has 0 aliphatic carbocycles. The van der Waals surface area contributed by atoms with Gasteiger partial charge in [-0.25, -0.2) is 0 Å². The molecule has 0 saturated heterocycles. The predicted octanol–water partition coefficient (Wildman–Crippen LogP) is -2.26. The Hall–Kier alpha value is 0.340. The Morgan fingerprint density at radius 2 is 0.688 bits per heavy atom. The molecule has 0 saturated carbocycles. The smallest absolute Gasteiger partial charge is 0.282 e. The zero-order valence-corrected chi connectivity index (χ0v) is 11.6. The highest BCUT2D eigenvalue weighted by Crippen LogP contribution is 1.77. The van der Waals surface area contributed by atoms with Crippen molar-refractivity contribution >= 4 is 0 Å². The van der Waals surface area contributed by atoms with Crippen LogP contribution in [0.3, 0.4) is 0 Å². The molecule has 0 spiro atoms. The molecule has 16 heavy (non-hydrogen) atoms. The normalized spacial score (nSPS) is 8.25. The van der Waals surface area contributed by atoms with E-state index in [0.29, 0.717) is 0 Å². The predicted molar refractivity (Wildman–Crippen MR) is 45.6 cm³/mol. The summed E-state index contributed by atoms with van der Waals surface area (Å²) >= 11 is 0. The first kappa shape index (κ1) is 25.3. The van der Waals surface area contributed by atoms with Crippen molar-refractivity contribution in [1.29, 1.82) is 0 Å². The van der Waals surface area contributed by atoms with Gasteiger partial charge < -0.3 is 18.6 Å². The first-order valence-electron chi connectivity index (χ1n) is 4.78. The second kappa shape index (κ2) is 29.5. The Kier molecular flexibility index (Phi) is 46.6. The van der Waals surface area contributed by atoms with Crippen LogP contribution in [-0.2, 0) is 0 Å². The van der Waals surface area contributed by atoms with Crippen LogP contribution in [0, 0.1) is 21.6 Å². The summed E-state index contributed by atoms with van der Waals surface area (Å²) in [7, 11) is -5.20. The topological polar surface area (TPSA) is 133 Å². The van der Waals surface area contributed by atoms with Crippen molar-refractivity contribution in [2.24, 2.45) is 0 Å². The molecule has 0 atom stereocenters. The highest BCUT2D eigenvalue weighted by atomic mass is 35.6. The molecule has 0 aliphatic rings. The van der Waals surface area contributed by atoms with Crippen molar-refractivity contribution in [3.8, 4) is 0 Å². The Morgan fingerprint density at radius 3 is 0.688 bits per heavy atom. The molecule has 0 fully saturated rings. The fourth-order valence-electron chi connectivity index (χ4n) is 0. The molecule has 0 amide bonds. The van der Waals surface area contributed by atoms with Gasteiger partial charge in [-0.15, -0.1) is 0 Å². The van der Waals surface area contributed by atoms with Crippen LogP contribution >= 0.6 is 0 Å². The minimum atomic E-state index is -2.60. The lowest BCUT2D eigenvalue weighted by Crippen LogP contribution is -2.30. The van der Waals surface area contributed by atoms with E-state index < -0.39 is 21.6 Å². The highest BCUT2D eigenvalue weighted by molar-refractivity contribution is 4.13. The zero-order valence-electron chi connectivity index (χ0n) is 10.1. The first-order chi connectivity index (χ1) is 7.29. The van der Waals surface area contributed by atoms with Crippen LogP contribution < -0.4 is 18.6 Å². The lowest BCUT2D eigenvalue weighted by molar-refractivity contribution is -1.63. The summed E-state index contributed by atoms with van der Waals surface area (Å²) in [5, 5.41) is 0. The number of hydrogen-bond donors (Lipinski definition) is 2. The number of halogens is 2. The summed E-state index contributed by atoms with van der Waals surface area (Å²) in [4.78, 5) is 0. The lowest BCUT2D eigenvalue weighted by atomic mass is 10.4. The van der Waals surface area contributed by atoms with Gasteiger partial charge in [-0.2, -0.15) is 0 Å². The Labute approximate surface area is 103 Å². The van der Waals surface area contributed by atoms with Crippen molar-refractivity contribution < 1.29 is 49.5 Å². The van der Waals surface area contributed by atoms with E-state index in [-0.39, 0.29) is 0 Å². The van der Waals surface area contributed by atoms with Crippen molar-refractivity contribution in [1.82, 2.24) is 0 Å². The Balaban J connectivity index is -0.0000000600. The van der Waals surface area contributed by atoms with Gasteiger partial charge in [0.25, 0.3) is 21.6 Å². The minimum absolute atomic E-state index is 1.32. The summed E-state index contributed by atoms with van der Waals surface area (Å²) in [6.07, 6.45) is 5.28. The quantitative estimate of drug-likeness (QED) is 0.588. The molecule has 2 N–H and O–H groups in total. The summed E-state index contributed by atoms with van der Waals surface area (Å²) in [5.41, 5.74) is 0. The standard InChI is InChI=1S/2C4H10.2ClHO3/c2*1-3-4-2;2*2-1(3)4/h2*3-4H2,1-2H3;2*2H. The molecule has 0 aliphatic heterocycles. The van der Waals surface area contributed by atoms with Crippen molar-refractivity contribution in [3.63, 3.8) is 0 Å². The van der Waals surface area contributed by atoms with Gasteiger partial charge in [-0.05, 0) is 0 Å². The minimum Gasteiger partial charge on any atom is -0.321 e. The maximum absolute atomic E-state index is 8.52. The SMILES string of the molecule is CCCC.CCCC.[O-][Cl+2]([O-])O.[O-][Cl+2]([O-])O. The van der Waals surface area contributed by atoms with Gasteiger partial charge in [0.05, 0.1) is 0 Å². The van der Waals surface area contributed by atoms with E-state index in [9.17, 15) is 0 Å². The largest absolute Gasteiger partial charge is 0.321 e. The monoisotopic (exact) mass is 284 g/mol. The van der Waals surface area contributed by atoms with Crippen LogP contribution in [0.2, 0.25) is 0 Å². The average molecular weight is 285 g/mol. The van der Waals surface area contributed by atoms with Crippen molar-refractivity contribution in [2.45, 2.75) is 53.4 Å². The molecule has 104 valence electrons. The van der Waals surface area contributed by atoms with Gasteiger partial charge in [0.2, 0.25) is 0 Å². The molecule has 0 unspecified atom stereocenters. The summed E-state index contributed by atoms with van der Waals surface area (Å²) < 4.78 is 47.9. The van der Waals surface area contributed by atoms with Gasteiger partial charge in [0.1, 0.15) is 0 Å². The third kappa shape index (κ3) is 466. The van der Waals surface area contributed by atoms with Crippen LogP contribution in [0.25, 0.3) is 0 Å². The molecule has 0 aromatic rings. The number of rotatable bonds is 2. The van der Waals surface area contributed by atoms with Crippen LogP contribution in [0.5, 0.6) is 0 Å². The fourth-order valence-corrected chi connectivity index (χ4v) is 0. The van der Waals surface area contributed by atoms with E-state index in [0.717, 1.165) is 0 Å². The van der Waals surface area contributed by atoms with Gasteiger partial charge in [0.15, 0.2) is 0 Å². The number of unbranched alkanes of at least 4 members (excludes halogenated alkanes) is 2. The fraction of sp³-hybridized carbons (Fsp3) is 1.00. The third-order valence-corrected chi connectivity index (χ3v) is 1.000. The van der Waals surface area contributed by atoms with Crippen molar-refractivity contribution in [2.75, 3.05) is 0 Å². The van der Waals surface area contributed by atoms with Gasteiger partial charge in [-0.3, -0.25) is 0 Å². The highest BCUT2D eigenvalue weighted by Gasteiger charge is 1.79. The first-order valence-corrected chi connectivity index (χ1v) is 6.69. The summed E-state index contributed by atoms with van der Waals surface area (Å²) in [5.74, 6) is 0. The Bertz CT molecular complexity index is 65.4. The maximum Gasteiger partial charge on any atom is 0.282 e. The lowest BCUT2D eigenvalue weighted by Gasteiger charge is -1.72. The zero-order chi connectivity index (χ0) is 14.0. The average Bonchev–Trinajstić information content (AvgIpc) is 2.16. The molecular formula is C8H22Cl2O6. The Morgan fingerprint density at radius 1 is 0.625 bits per heavy atom. The van der Waals surface area contributed by atoms with E-state index in [1.165, 1.54) is 25.7 Å². The van der Waals surface area contributed by atoms with E-state index in [4.69, 9.17) is 28.0 Å². The summed E-state index contributed by atoms with van der Waals surface area (Å²) in [6, 6.07) is 0. The summed E-state index contributed by atoms with van der Waals surface area (Å²) in [6.45, 7) is 8.72. The van der Waals surface area contributed by atoms with E-state index >= 15 is 0 Å². The van der Waals surface area contributed by atoms with Gasteiger partial charge in [0, 0.05) is 9.32 Å². The van der Waals surface area contributed by atoms with E-state index in [1.807, 2.05) is 0 Å². The molecule has 8 heteroatoms. The van der Waals surface area contributed by atoms with E-state index in [1.54, 1.807) is 0 Å². The maximum atomic E-state index is 8.52. The van der Waals surface area contributed by atoms with Crippen molar-refractivity contribution in [3.05, 3.63) is 0 Å². The molecule has 0 bridgehead atoms. The molecule has 0 aromatic carbocycles. The van der Waals surface area contributed by atoms with Crippen LogP contribution in [0.15, 0.2) is 0 Å². The van der Waals surface area contributed by atoms with Gasteiger partial charge >= 0.3 is 0 Å². The number of hydrogen-bond acceptors (Lipinski definition) is 6. The van der Waals surface area contributed by atoms with Crippen LogP contribution in [-0.4, -0.2) is 9.32 Å². The third-order valence-electron chi connectivity index (χ3n) is 1.000. The van der Waals surface area contributed by atoms with E-state index in [2.05, 4.69) is 27.7 Å². The molecule has 0 rings (SSSR count). The van der Waals surface area contributed by atoms with Gasteiger partial charge in [-0.1, -0.05) is 53.4 Å². The molecule has 0 aromatic heterocycles. The second-order valence-corrected chi connectivity index (χ2v) is 3.21. The molecule has 0 heterocycles. The van der Waals surface area contributed by atoms with Crippen LogP contribution in [0.1, 0.15) is 53.4 Å². The molecule has 6 nitrogen and oxygen atoms in total. The molecule has 0 radical (unpaired) electrons. The van der Waals surface area contributed by atoms with Crippen LogP contribution in [0.4, 0.5) is 0 Å².